The van der Waals surface area contributed by atoms with Gasteiger partial charge >= 0.3 is 0 Å². The molecule has 5 heteroatoms. The summed E-state index contributed by atoms with van der Waals surface area (Å²) in [7, 11) is 0. The molecule has 0 bridgehead atoms. The molecule has 0 amide bonds. The van der Waals surface area contributed by atoms with Crippen molar-refractivity contribution in [3.63, 3.8) is 0 Å². The third-order valence-corrected chi connectivity index (χ3v) is 2.78. The molecule has 0 aliphatic heterocycles. The van der Waals surface area contributed by atoms with E-state index in [4.69, 9.17) is 12.2 Å². The monoisotopic (exact) mass is 275 g/mol. The van der Waals surface area contributed by atoms with Crippen LogP contribution in [0.3, 0.4) is 0 Å². The van der Waals surface area contributed by atoms with Crippen LogP contribution in [-0.4, -0.2) is 16.6 Å². The zero-order valence-electron chi connectivity index (χ0n) is 10.3. The SMILES string of the molecule is Fc1cccc(NC(=S)NCCc2ccncc2)c1. The Bertz CT molecular complexity index is 545. The van der Waals surface area contributed by atoms with Crippen LogP contribution in [-0.2, 0) is 6.42 Å². The fourth-order valence-corrected chi connectivity index (χ4v) is 1.83. The van der Waals surface area contributed by atoms with Gasteiger partial charge in [0.15, 0.2) is 5.11 Å². The van der Waals surface area contributed by atoms with Crippen LogP contribution in [0.1, 0.15) is 5.56 Å². The van der Waals surface area contributed by atoms with Gasteiger partial charge in [-0.25, -0.2) is 4.39 Å². The zero-order chi connectivity index (χ0) is 13.5. The van der Waals surface area contributed by atoms with Gasteiger partial charge in [0.2, 0.25) is 0 Å². The maximum atomic E-state index is 13.0. The van der Waals surface area contributed by atoms with E-state index in [9.17, 15) is 4.39 Å². The molecule has 1 heterocycles. The molecule has 0 aliphatic rings. The van der Waals surface area contributed by atoms with Gasteiger partial charge in [-0.1, -0.05) is 6.07 Å². The van der Waals surface area contributed by atoms with E-state index in [1.165, 1.54) is 17.7 Å². The number of pyridine rings is 1. The standard InChI is InChI=1S/C14H14FN3S/c15-12-2-1-3-13(10-12)18-14(19)17-9-6-11-4-7-16-8-5-11/h1-5,7-8,10H,6,9H2,(H2,17,18,19). The van der Waals surface area contributed by atoms with Crippen LogP contribution < -0.4 is 10.6 Å². The molecule has 98 valence electrons. The van der Waals surface area contributed by atoms with Crippen LogP contribution >= 0.6 is 12.2 Å². The van der Waals surface area contributed by atoms with E-state index >= 15 is 0 Å². The summed E-state index contributed by atoms with van der Waals surface area (Å²) in [5.74, 6) is -0.287. The number of aromatic nitrogens is 1. The highest BCUT2D eigenvalue weighted by molar-refractivity contribution is 7.80. The molecule has 0 aliphatic carbocycles. The summed E-state index contributed by atoms with van der Waals surface area (Å²) in [4.78, 5) is 3.96. The van der Waals surface area contributed by atoms with Gasteiger partial charge in [0, 0.05) is 24.6 Å². The van der Waals surface area contributed by atoms with E-state index in [0.29, 0.717) is 17.3 Å². The molecule has 2 N–H and O–H groups in total. The highest BCUT2D eigenvalue weighted by Gasteiger charge is 1.99. The Morgan fingerprint density at radius 1 is 1.21 bits per heavy atom. The van der Waals surface area contributed by atoms with Gasteiger partial charge in [0.05, 0.1) is 0 Å². The van der Waals surface area contributed by atoms with Crippen molar-refractivity contribution in [3.8, 4) is 0 Å². The minimum absolute atomic E-state index is 0.287. The number of anilines is 1. The van der Waals surface area contributed by atoms with Crippen molar-refractivity contribution in [3.05, 3.63) is 60.2 Å². The molecule has 0 unspecified atom stereocenters. The molecule has 0 radical (unpaired) electrons. The van der Waals surface area contributed by atoms with Gasteiger partial charge in [-0.2, -0.15) is 0 Å². The summed E-state index contributed by atoms with van der Waals surface area (Å²) in [5.41, 5.74) is 1.83. The minimum Gasteiger partial charge on any atom is -0.362 e. The van der Waals surface area contributed by atoms with E-state index in [0.717, 1.165) is 6.42 Å². The first-order valence-corrected chi connectivity index (χ1v) is 6.34. The molecule has 3 nitrogen and oxygen atoms in total. The van der Waals surface area contributed by atoms with Crippen molar-refractivity contribution in [2.24, 2.45) is 0 Å². The first-order valence-electron chi connectivity index (χ1n) is 5.93. The van der Waals surface area contributed by atoms with Gasteiger partial charge in [-0.15, -0.1) is 0 Å². The molecular weight excluding hydrogens is 261 g/mol. The molecular formula is C14H14FN3S. The number of hydrogen-bond donors (Lipinski definition) is 2. The van der Waals surface area contributed by atoms with E-state index in [-0.39, 0.29) is 5.82 Å². The molecule has 0 saturated heterocycles. The van der Waals surface area contributed by atoms with Crippen molar-refractivity contribution in [2.45, 2.75) is 6.42 Å². The normalized spacial score (nSPS) is 9.95. The van der Waals surface area contributed by atoms with Crippen LogP contribution in [0.5, 0.6) is 0 Å². The van der Waals surface area contributed by atoms with Crippen molar-refractivity contribution >= 4 is 23.0 Å². The van der Waals surface area contributed by atoms with E-state index in [1.54, 1.807) is 24.5 Å². The Labute approximate surface area is 116 Å². The first kappa shape index (κ1) is 13.4. The average molecular weight is 275 g/mol. The molecule has 19 heavy (non-hydrogen) atoms. The number of thiocarbonyl (C=S) groups is 1. The largest absolute Gasteiger partial charge is 0.362 e. The van der Waals surface area contributed by atoms with E-state index < -0.39 is 0 Å². The molecule has 0 fully saturated rings. The molecule has 2 aromatic rings. The van der Waals surface area contributed by atoms with Crippen molar-refractivity contribution in [1.29, 1.82) is 0 Å². The second-order valence-corrected chi connectivity index (χ2v) is 4.40. The lowest BCUT2D eigenvalue weighted by Gasteiger charge is -2.10. The molecule has 2 rings (SSSR count). The first-order chi connectivity index (χ1) is 9.24. The number of rotatable bonds is 4. The fraction of sp³-hybridized carbons (Fsp3) is 0.143. The van der Waals surface area contributed by atoms with Gasteiger partial charge in [-0.3, -0.25) is 4.98 Å². The highest BCUT2D eigenvalue weighted by atomic mass is 32.1. The lowest BCUT2D eigenvalue weighted by molar-refractivity contribution is 0.628. The number of halogens is 1. The van der Waals surface area contributed by atoms with Crippen LogP contribution in [0.15, 0.2) is 48.8 Å². The Kier molecular flexibility index (Phi) is 4.80. The summed E-state index contributed by atoms with van der Waals surface area (Å²) in [6.45, 7) is 0.713. The van der Waals surface area contributed by atoms with Gasteiger partial charge in [0.1, 0.15) is 5.82 Å². The summed E-state index contributed by atoms with van der Waals surface area (Å²) in [6.07, 6.45) is 4.38. The second kappa shape index (κ2) is 6.80. The number of benzene rings is 1. The smallest absolute Gasteiger partial charge is 0.170 e. The fourth-order valence-electron chi connectivity index (χ4n) is 1.61. The summed E-state index contributed by atoms with van der Waals surface area (Å²) in [5, 5.41) is 6.50. The van der Waals surface area contributed by atoms with Crippen molar-refractivity contribution < 1.29 is 4.39 Å². The molecule has 1 aromatic heterocycles. The van der Waals surface area contributed by atoms with Crippen molar-refractivity contribution in [2.75, 3.05) is 11.9 Å². The Morgan fingerprint density at radius 3 is 2.74 bits per heavy atom. The Balaban J connectivity index is 1.76. The summed E-state index contributed by atoms with van der Waals surface area (Å²) in [6, 6.07) is 10.1. The van der Waals surface area contributed by atoms with Gasteiger partial charge < -0.3 is 10.6 Å². The number of hydrogen-bond acceptors (Lipinski definition) is 2. The molecule has 0 spiro atoms. The predicted octanol–water partition coefficient (Wildman–Crippen LogP) is 2.75. The van der Waals surface area contributed by atoms with Gasteiger partial charge in [-0.05, 0) is 54.5 Å². The number of nitrogens with one attached hydrogen (secondary N) is 2. The molecule has 0 saturated carbocycles. The van der Waals surface area contributed by atoms with Crippen LogP contribution in [0, 0.1) is 5.82 Å². The lowest BCUT2D eigenvalue weighted by atomic mass is 10.2. The molecule has 1 aromatic carbocycles. The van der Waals surface area contributed by atoms with E-state index in [2.05, 4.69) is 15.6 Å². The Hall–Kier alpha value is -2.01. The maximum Gasteiger partial charge on any atom is 0.170 e. The highest BCUT2D eigenvalue weighted by Crippen LogP contribution is 2.08. The van der Waals surface area contributed by atoms with Crippen LogP contribution in [0.25, 0.3) is 0 Å². The topological polar surface area (TPSA) is 37.0 Å². The lowest BCUT2D eigenvalue weighted by Crippen LogP contribution is -2.30. The van der Waals surface area contributed by atoms with Crippen LogP contribution in [0.2, 0.25) is 0 Å². The second-order valence-electron chi connectivity index (χ2n) is 4.00. The third kappa shape index (κ3) is 4.63. The number of nitrogens with zero attached hydrogens (tertiary/aromatic N) is 1. The Morgan fingerprint density at radius 2 is 2.00 bits per heavy atom. The minimum atomic E-state index is -0.287. The van der Waals surface area contributed by atoms with Crippen molar-refractivity contribution in [1.82, 2.24) is 10.3 Å². The summed E-state index contributed by atoms with van der Waals surface area (Å²) < 4.78 is 13.0. The van der Waals surface area contributed by atoms with E-state index in [1.807, 2.05) is 12.1 Å². The summed E-state index contributed by atoms with van der Waals surface area (Å²) >= 11 is 5.14. The maximum absolute atomic E-state index is 13.0. The zero-order valence-corrected chi connectivity index (χ0v) is 11.1. The molecule has 0 atom stereocenters. The average Bonchev–Trinajstić information content (AvgIpc) is 2.40. The van der Waals surface area contributed by atoms with Gasteiger partial charge in [0.25, 0.3) is 0 Å². The van der Waals surface area contributed by atoms with Crippen LogP contribution in [0.4, 0.5) is 10.1 Å². The third-order valence-electron chi connectivity index (χ3n) is 2.53. The predicted molar refractivity (Wildman–Crippen MR) is 78.6 cm³/mol. The quantitative estimate of drug-likeness (QED) is 0.841.